The fraction of sp³-hybridized carbons (Fsp3) is 0.316. The van der Waals surface area contributed by atoms with Crippen molar-refractivity contribution in [2.45, 2.75) is 23.7 Å². The number of nitrogens with zero attached hydrogens (tertiary/aromatic N) is 1. The molecule has 2 aliphatic heterocycles. The molecule has 2 aromatic rings. The molecule has 0 saturated carbocycles. The molecule has 0 atom stereocenters. The molecule has 4 rings (SSSR count). The van der Waals surface area contributed by atoms with Crippen LogP contribution in [-0.4, -0.2) is 38.3 Å². The maximum absolute atomic E-state index is 13.0. The lowest BCUT2D eigenvalue weighted by Crippen LogP contribution is -2.38. The van der Waals surface area contributed by atoms with Crippen molar-refractivity contribution in [1.82, 2.24) is 4.31 Å². The maximum atomic E-state index is 13.0. The molecule has 2 heterocycles. The van der Waals surface area contributed by atoms with Crippen LogP contribution in [0.5, 0.6) is 5.75 Å². The van der Waals surface area contributed by atoms with E-state index in [0.717, 1.165) is 12.8 Å². The molecule has 1 fully saturated rings. The normalized spacial score (nSPS) is 18.7. The van der Waals surface area contributed by atoms with Crippen LogP contribution in [0.15, 0.2) is 53.4 Å². The number of rotatable bonds is 3. The van der Waals surface area contributed by atoms with Gasteiger partial charge < -0.3 is 10.1 Å². The van der Waals surface area contributed by atoms with Crippen LogP contribution in [0.2, 0.25) is 0 Å². The molecular formula is C19H20N2O4S. The van der Waals surface area contributed by atoms with Gasteiger partial charge in [0.2, 0.25) is 10.0 Å². The van der Waals surface area contributed by atoms with E-state index < -0.39 is 10.0 Å². The van der Waals surface area contributed by atoms with Gasteiger partial charge >= 0.3 is 0 Å². The molecule has 26 heavy (non-hydrogen) atoms. The Morgan fingerprint density at radius 2 is 1.77 bits per heavy atom. The van der Waals surface area contributed by atoms with E-state index in [2.05, 4.69) is 17.4 Å². The number of nitrogens with one attached hydrogen (secondary N) is 1. The quantitative estimate of drug-likeness (QED) is 0.899. The van der Waals surface area contributed by atoms with E-state index in [1.807, 2.05) is 18.2 Å². The molecule has 2 aliphatic rings. The average molecular weight is 372 g/mol. The first-order valence-corrected chi connectivity index (χ1v) is 10.1. The van der Waals surface area contributed by atoms with Crippen molar-refractivity contribution in [1.29, 1.82) is 0 Å². The van der Waals surface area contributed by atoms with Crippen LogP contribution >= 0.6 is 0 Å². The van der Waals surface area contributed by atoms with Gasteiger partial charge in [-0.15, -0.1) is 0 Å². The second-order valence-corrected chi connectivity index (χ2v) is 8.52. The Balaban J connectivity index is 1.51. The lowest BCUT2D eigenvalue weighted by molar-refractivity contribution is -0.118. The number of fused-ring (bicyclic) bond motifs is 1. The van der Waals surface area contributed by atoms with Crippen molar-refractivity contribution in [3.05, 3.63) is 54.1 Å². The van der Waals surface area contributed by atoms with E-state index in [0.29, 0.717) is 30.4 Å². The minimum absolute atomic E-state index is 0.0495. The maximum Gasteiger partial charge on any atom is 0.262 e. The fourth-order valence-corrected chi connectivity index (χ4v) is 5.02. The molecule has 0 spiro atoms. The number of sulfonamides is 1. The summed E-state index contributed by atoms with van der Waals surface area (Å²) in [5.74, 6) is 0.598. The van der Waals surface area contributed by atoms with Crippen LogP contribution in [0.1, 0.15) is 24.3 Å². The molecule has 1 amide bonds. The molecule has 6 nitrogen and oxygen atoms in total. The number of hydrogen-bond donors (Lipinski definition) is 1. The summed E-state index contributed by atoms with van der Waals surface area (Å²) in [6.45, 7) is 0.926. The van der Waals surface area contributed by atoms with Gasteiger partial charge in [0.25, 0.3) is 5.91 Å². The molecule has 0 aliphatic carbocycles. The van der Waals surface area contributed by atoms with E-state index in [1.165, 1.54) is 22.0 Å². The average Bonchev–Trinajstić information content (AvgIpc) is 2.68. The number of hydrogen-bond acceptors (Lipinski definition) is 4. The highest BCUT2D eigenvalue weighted by Crippen LogP contribution is 2.34. The highest BCUT2D eigenvalue weighted by Gasteiger charge is 2.31. The van der Waals surface area contributed by atoms with Crippen LogP contribution in [0.4, 0.5) is 5.69 Å². The third kappa shape index (κ3) is 3.20. The zero-order valence-electron chi connectivity index (χ0n) is 14.2. The summed E-state index contributed by atoms with van der Waals surface area (Å²) in [5, 5.41) is 2.66. The Morgan fingerprint density at radius 3 is 2.50 bits per heavy atom. The summed E-state index contributed by atoms with van der Waals surface area (Å²) in [6, 6.07) is 14.8. The first kappa shape index (κ1) is 17.1. The molecule has 1 saturated heterocycles. The first-order chi connectivity index (χ1) is 12.5. The standard InChI is InChI=1S/C19H20N2O4S/c22-19-13-25-18-7-6-16(12-17(18)20-19)26(23,24)21-10-8-15(9-11-21)14-4-2-1-3-5-14/h1-7,12,15H,8-11,13H2,(H,20,22). The molecule has 0 aromatic heterocycles. The monoisotopic (exact) mass is 372 g/mol. The zero-order chi connectivity index (χ0) is 18.1. The van der Waals surface area contributed by atoms with Crippen molar-refractivity contribution < 1.29 is 17.9 Å². The fourth-order valence-electron chi connectivity index (χ4n) is 3.53. The molecule has 7 heteroatoms. The minimum atomic E-state index is -3.59. The second kappa shape index (κ2) is 6.74. The lowest BCUT2D eigenvalue weighted by Gasteiger charge is -2.31. The predicted molar refractivity (Wildman–Crippen MR) is 97.7 cm³/mol. The summed E-state index contributed by atoms with van der Waals surface area (Å²) < 4.78 is 32.8. The van der Waals surface area contributed by atoms with Crippen molar-refractivity contribution in [2.75, 3.05) is 25.0 Å². The van der Waals surface area contributed by atoms with Gasteiger partial charge in [-0.3, -0.25) is 4.79 Å². The Morgan fingerprint density at radius 1 is 1.04 bits per heavy atom. The van der Waals surface area contributed by atoms with Crippen molar-refractivity contribution in [3.63, 3.8) is 0 Å². The smallest absolute Gasteiger partial charge is 0.262 e. The van der Waals surface area contributed by atoms with Gasteiger partial charge in [0.05, 0.1) is 10.6 Å². The highest BCUT2D eigenvalue weighted by molar-refractivity contribution is 7.89. The number of carbonyl (C=O) groups excluding carboxylic acids is 1. The van der Waals surface area contributed by atoms with Crippen LogP contribution in [0, 0.1) is 0 Å². The summed E-state index contributed by atoms with van der Waals surface area (Å²) in [4.78, 5) is 11.6. The third-order valence-corrected chi connectivity index (χ3v) is 6.84. The Labute approximate surface area is 152 Å². The molecule has 1 N–H and O–H groups in total. The van der Waals surface area contributed by atoms with Gasteiger partial charge in [-0.1, -0.05) is 30.3 Å². The van der Waals surface area contributed by atoms with Crippen molar-refractivity contribution >= 4 is 21.6 Å². The van der Waals surface area contributed by atoms with Crippen molar-refractivity contribution in [2.24, 2.45) is 0 Å². The van der Waals surface area contributed by atoms with E-state index >= 15 is 0 Å². The Hall–Kier alpha value is -2.38. The SMILES string of the molecule is O=C1COc2ccc(S(=O)(=O)N3CCC(c4ccccc4)CC3)cc2N1. The van der Waals surface area contributed by atoms with E-state index in [1.54, 1.807) is 6.07 Å². The number of piperidine rings is 1. The molecular weight excluding hydrogens is 352 g/mol. The number of amides is 1. The number of ether oxygens (including phenoxy) is 1. The van der Waals surface area contributed by atoms with Gasteiger partial charge in [0.15, 0.2) is 6.61 Å². The minimum Gasteiger partial charge on any atom is -0.482 e. The zero-order valence-corrected chi connectivity index (χ0v) is 15.0. The second-order valence-electron chi connectivity index (χ2n) is 6.58. The highest BCUT2D eigenvalue weighted by atomic mass is 32.2. The van der Waals surface area contributed by atoms with Crippen LogP contribution < -0.4 is 10.1 Å². The number of benzene rings is 2. The van der Waals surface area contributed by atoms with E-state index in [-0.39, 0.29) is 17.4 Å². The van der Waals surface area contributed by atoms with Gasteiger partial charge in [0, 0.05) is 13.1 Å². The van der Waals surface area contributed by atoms with E-state index in [4.69, 9.17) is 4.74 Å². The Bertz CT molecular complexity index is 920. The van der Waals surface area contributed by atoms with Gasteiger partial charge in [0.1, 0.15) is 5.75 Å². The summed E-state index contributed by atoms with van der Waals surface area (Å²) in [7, 11) is -3.59. The molecule has 0 unspecified atom stereocenters. The number of carbonyl (C=O) groups is 1. The number of anilines is 1. The Kier molecular flexibility index (Phi) is 4.42. The van der Waals surface area contributed by atoms with Crippen LogP contribution in [0.25, 0.3) is 0 Å². The molecule has 136 valence electrons. The van der Waals surface area contributed by atoms with Gasteiger partial charge in [-0.25, -0.2) is 8.42 Å². The summed E-state index contributed by atoms with van der Waals surface area (Å²) >= 11 is 0. The van der Waals surface area contributed by atoms with Gasteiger partial charge in [-0.2, -0.15) is 4.31 Å². The van der Waals surface area contributed by atoms with Crippen molar-refractivity contribution in [3.8, 4) is 5.75 Å². The third-order valence-electron chi connectivity index (χ3n) is 4.95. The topological polar surface area (TPSA) is 75.7 Å². The lowest BCUT2D eigenvalue weighted by atomic mass is 9.90. The van der Waals surface area contributed by atoms with Gasteiger partial charge in [-0.05, 0) is 42.5 Å². The summed E-state index contributed by atoms with van der Waals surface area (Å²) in [6.07, 6.45) is 1.60. The molecule has 2 aromatic carbocycles. The molecule has 0 bridgehead atoms. The first-order valence-electron chi connectivity index (χ1n) is 8.66. The largest absolute Gasteiger partial charge is 0.482 e. The summed E-state index contributed by atoms with van der Waals surface area (Å²) in [5.41, 5.74) is 1.67. The van der Waals surface area contributed by atoms with E-state index in [9.17, 15) is 13.2 Å². The van der Waals surface area contributed by atoms with Crippen LogP contribution in [-0.2, 0) is 14.8 Å². The predicted octanol–water partition coefficient (Wildman–Crippen LogP) is 2.59. The molecule has 0 radical (unpaired) electrons. The van der Waals surface area contributed by atoms with Crippen LogP contribution in [0.3, 0.4) is 0 Å².